The molecular formula is C33H58. The van der Waals surface area contributed by atoms with E-state index in [0.29, 0.717) is 0 Å². The number of hydrogen-bond acceptors (Lipinski definition) is 0. The van der Waals surface area contributed by atoms with Crippen LogP contribution in [0.15, 0.2) is 0 Å². The highest BCUT2D eigenvalue weighted by Gasteiger charge is 2.43. The molecule has 5 saturated carbocycles. The third-order valence-electron chi connectivity index (χ3n) is 12.3. The first-order valence-electron chi connectivity index (χ1n) is 16.2. The molecule has 190 valence electrons. The molecule has 0 amide bonds. The van der Waals surface area contributed by atoms with Gasteiger partial charge in [0.15, 0.2) is 0 Å². The summed E-state index contributed by atoms with van der Waals surface area (Å²) in [4.78, 5) is 0. The van der Waals surface area contributed by atoms with Crippen LogP contribution >= 0.6 is 0 Å². The summed E-state index contributed by atoms with van der Waals surface area (Å²) in [5.41, 5.74) is 0. The zero-order valence-corrected chi connectivity index (χ0v) is 22.6. The van der Waals surface area contributed by atoms with Crippen LogP contribution in [0.25, 0.3) is 0 Å². The van der Waals surface area contributed by atoms with E-state index in [1.54, 1.807) is 103 Å². The lowest BCUT2D eigenvalue weighted by molar-refractivity contribution is 0.0174. The Morgan fingerprint density at radius 3 is 1.24 bits per heavy atom. The van der Waals surface area contributed by atoms with Gasteiger partial charge in [0.1, 0.15) is 0 Å². The van der Waals surface area contributed by atoms with Crippen molar-refractivity contribution < 1.29 is 0 Å². The standard InChI is InChI=1S/C33H58/c1-3-5-7-24-8-11-26(12-9-24)28-15-17-32-23-33(19-18-30(32)21-28)31-16-14-27-20-25(6-4-2)10-13-29(27)22-31/h24-33H,3-23H2,1-2H3. The van der Waals surface area contributed by atoms with E-state index in [9.17, 15) is 0 Å². The lowest BCUT2D eigenvalue weighted by Crippen LogP contribution is -2.38. The molecule has 0 N–H and O–H groups in total. The molecule has 0 aromatic carbocycles. The first-order chi connectivity index (χ1) is 16.2. The Hall–Kier alpha value is 0. The van der Waals surface area contributed by atoms with E-state index >= 15 is 0 Å². The fraction of sp³-hybridized carbons (Fsp3) is 1.00. The highest BCUT2D eigenvalue weighted by atomic mass is 14.5. The average Bonchev–Trinajstić information content (AvgIpc) is 2.87. The maximum Gasteiger partial charge on any atom is -0.0383 e. The van der Waals surface area contributed by atoms with Crippen LogP contribution in [0, 0.1) is 59.2 Å². The Bertz CT molecular complexity index is 571. The van der Waals surface area contributed by atoms with E-state index < -0.39 is 0 Å². The molecule has 0 bridgehead atoms. The first-order valence-corrected chi connectivity index (χ1v) is 16.2. The maximum absolute atomic E-state index is 2.39. The molecular weight excluding hydrogens is 396 g/mol. The molecule has 8 unspecified atom stereocenters. The smallest absolute Gasteiger partial charge is 0.0383 e. The van der Waals surface area contributed by atoms with Gasteiger partial charge in [-0.05, 0) is 143 Å². The fourth-order valence-electron chi connectivity index (χ4n) is 10.4. The number of hydrogen-bond donors (Lipinski definition) is 0. The Kier molecular flexibility index (Phi) is 8.84. The fourth-order valence-corrected chi connectivity index (χ4v) is 10.4. The Labute approximate surface area is 207 Å². The summed E-state index contributed by atoms with van der Waals surface area (Å²) in [6.45, 7) is 4.76. The predicted octanol–water partition coefficient (Wildman–Crippen LogP) is 10.4. The van der Waals surface area contributed by atoms with Crippen LogP contribution in [0.2, 0.25) is 0 Å². The molecule has 0 spiro atoms. The lowest BCUT2D eigenvalue weighted by atomic mass is 9.56. The summed E-state index contributed by atoms with van der Waals surface area (Å²) in [6, 6.07) is 0. The van der Waals surface area contributed by atoms with Crippen molar-refractivity contribution in [3.05, 3.63) is 0 Å². The van der Waals surface area contributed by atoms with Crippen LogP contribution < -0.4 is 0 Å². The van der Waals surface area contributed by atoms with Crippen molar-refractivity contribution in [3.63, 3.8) is 0 Å². The second kappa shape index (κ2) is 11.8. The second-order valence-electron chi connectivity index (χ2n) is 14.2. The zero-order chi connectivity index (χ0) is 22.6. The van der Waals surface area contributed by atoms with Crippen molar-refractivity contribution in [2.75, 3.05) is 0 Å². The summed E-state index contributed by atoms with van der Waals surface area (Å²) in [7, 11) is 0. The van der Waals surface area contributed by atoms with Gasteiger partial charge in [0.25, 0.3) is 0 Å². The van der Waals surface area contributed by atoms with Crippen molar-refractivity contribution in [3.8, 4) is 0 Å². The molecule has 0 saturated heterocycles. The van der Waals surface area contributed by atoms with Crippen LogP contribution in [0.4, 0.5) is 0 Å². The Balaban J connectivity index is 1.06. The van der Waals surface area contributed by atoms with Crippen molar-refractivity contribution in [2.45, 2.75) is 149 Å². The normalized spacial score (nSPS) is 46.4. The maximum atomic E-state index is 2.39. The molecule has 5 aliphatic carbocycles. The van der Waals surface area contributed by atoms with Gasteiger partial charge < -0.3 is 0 Å². The van der Waals surface area contributed by atoms with Crippen LogP contribution in [-0.2, 0) is 0 Å². The third kappa shape index (κ3) is 6.05. The summed E-state index contributed by atoms with van der Waals surface area (Å²) in [5.74, 6) is 11.1. The third-order valence-corrected chi connectivity index (χ3v) is 12.3. The summed E-state index contributed by atoms with van der Waals surface area (Å²) in [5, 5.41) is 0. The molecule has 0 nitrogen and oxygen atoms in total. The van der Waals surface area contributed by atoms with Crippen molar-refractivity contribution in [1.29, 1.82) is 0 Å². The van der Waals surface area contributed by atoms with Crippen LogP contribution in [0.5, 0.6) is 0 Å². The van der Waals surface area contributed by atoms with Crippen LogP contribution in [-0.4, -0.2) is 0 Å². The SMILES string of the molecule is CCCCC1CCC(C2CCC3CC(C4CCC5CC(CCC)CCC5C4)CCC3C2)CC1. The van der Waals surface area contributed by atoms with Gasteiger partial charge in [-0.15, -0.1) is 0 Å². The molecule has 5 rings (SSSR count). The molecule has 8 atom stereocenters. The summed E-state index contributed by atoms with van der Waals surface area (Å²) >= 11 is 0. The van der Waals surface area contributed by atoms with E-state index in [-0.39, 0.29) is 0 Å². The molecule has 5 fully saturated rings. The van der Waals surface area contributed by atoms with E-state index in [4.69, 9.17) is 0 Å². The Morgan fingerprint density at radius 2 is 0.758 bits per heavy atom. The highest BCUT2D eigenvalue weighted by Crippen LogP contribution is 2.54. The molecule has 0 radical (unpaired) electrons. The quantitative estimate of drug-likeness (QED) is 0.359. The van der Waals surface area contributed by atoms with Crippen molar-refractivity contribution in [2.24, 2.45) is 59.2 Å². The highest BCUT2D eigenvalue weighted by molar-refractivity contribution is 4.93. The number of fused-ring (bicyclic) bond motifs is 2. The number of unbranched alkanes of at least 4 members (excludes halogenated alkanes) is 1. The monoisotopic (exact) mass is 454 g/mol. The Morgan fingerprint density at radius 1 is 0.364 bits per heavy atom. The average molecular weight is 455 g/mol. The lowest BCUT2D eigenvalue weighted by Gasteiger charge is -2.49. The minimum Gasteiger partial charge on any atom is -0.0654 e. The molecule has 0 aromatic rings. The van der Waals surface area contributed by atoms with Gasteiger partial charge in [0.05, 0.1) is 0 Å². The molecule has 5 aliphatic rings. The van der Waals surface area contributed by atoms with Crippen LogP contribution in [0.3, 0.4) is 0 Å². The van der Waals surface area contributed by atoms with E-state index in [0.717, 1.165) is 59.2 Å². The van der Waals surface area contributed by atoms with Gasteiger partial charge in [-0.3, -0.25) is 0 Å². The largest absolute Gasteiger partial charge is 0.0654 e. The van der Waals surface area contributed by atoms with Crippen LogP contribution in [0.1, 0.15) is 149 Å². The first kappa shape index (κ1) is 24.7. The van der Waals surface area contributed by atoms with E-state index in [2.05, 4.69) is 13.8 Å². The topological polar surface area (TPSA) is 0 Å². The van der Waals surface area contributed by atoms with Gasteiger partial charge in [-0.2, -0.15) is 0 Å². The molecule has 0 heterocycles. The van der Waals surface area contributed by atoms with Gasteiger partial charge >= 0.3 is 0 Å². The second-order valence-corrected chi connectivity index (χ2v) is 14.2. The van der Waals surface area contributed by atoms with E-state index in [1.165, 1.54) is 32.1 Å². The van der Waals surface area contributed by atoms with E-state index in [1.807, 2.05) is 0 Å². The molecule has 0 aromatic heterocycles. The number of rotatable bonds is 7. The molecule has 0 heteroatoms. The molecule has 0 aliphatic heterocycles. The minimum absolute atomic E-state index is 1.09. The van der Waals surface area contributed by atoms with Gasteiger partial charge in [-0.1, -0.05) is 65.2 Å². The van der Waals surface area contributed by atoms with Gasteiger partial charge in [0.2, 0.25) is 0 Å². The van der Waals surface area contributed by atoms with Gasteiger partial charge in [0, 0.05) is 0 Å². The van der Waals surface area contributed by atoms with Gasteiger partial charge in [-0.25, -0.2) is 0 Å². The zero-order valence-electron chi connectivity index (χ0n) is 22.6. The molecule has 33 heavy (non-hydrogen) atoms. The minimum atomic E-state index is 1.09. The summed E-state index contributed by atoms with van der Waals surface area (Å²) in [6.07, 6.45) is 32.9. The summed E-state index contributed by atoms with van der Waals surface area (Å²) < 4.78 is 0. The van der Waals surface area contributed by atoms with Crippen molar-refractivity contribution in [1.82, 2.24) is 0 Å². The van der Waals surface area contributed by atoms with Crippen molar-refractivity contribution >= 4 is 0 Å². The predicted molar refractivity (Wildman–Crippen MR) is 143 cm³/mol.